The van der Waals surface area contributed by atoms with Gasteiger partial charge in [-0.3, -0.25) is 0 Å². The van der Waals surface area contributed by atoms with E-state index in [-0.39, 0.29) is 25.5 Å². The quantitative estimate of drug-likeness (QED) is 0.204. The van der Waals surface area contributed by atoms with E-state index in [9.17, 15) is 0 Å². The number of aliphatic hydroxyl groups excluding tert-OH is 1. The molecule has 5 nitrogen and oxygen atoms in total. The van der Waals surface area contributed by atoms with Crippen molar-refractivity contribution in [1.82, 2.24) is 0 Å². The van der Waals surface area contributed by atoms with Crippen LogP contribution in [0.5, 0.6) is 0 Å². The molecule has 0 aliphatic rings. The Bertz CT molecular complexity index is 45.3. The number of hydrogen-bond donors (Lipinski definition) is 1. The van der Waals surface area contributed by atoms with Gasteiger partial charge in [-0.2, -0.15) is 0 Å². The maximum absolute atomic E-state index is 8.25. The molecule has 0 atom stereocenters. The molecule has 0 unspecified atom stereocenters. The van der Waals surface area contributed by atoms with Crippen LogP contribution < -0.4 is 18.9 Å². The van der Waals surface area contributed by atoms with Crippen molar-refractivity contribution in [2.45, 2.75) is 6.92 Å². The maximum Gasteiger partial charge on any atom is 1.00 e. The summed E-state index contributed by atoms with van der Waals surface area (Å²) in [5.41, 5.74) is 0. The molecule has 0 bridgehead atoms. The molecule has 0 aliphatic carbocycles. The van der Waals surface area contributed by atoms with Crippen molar-refractivity contribution in [3.05, 3.63) is 15.3 Å². The van der Waals surface area contributed by atoms with E-state index in [1.54, 1.807) is 6.92 Å². The first kappa shape index (κ1) is 15.7. The van der Waals surface area contributed by atoms with E-state index < -0.39 is 5.09 Å². The van der Waals surface area contributed by atoms with Crippen LogP contribution in [0.1, 0.15) is 6.92 Å². The third-order valence-corrected chi connectivity index (χ3v) is 0. The van der Waals surface area contributed by atoms with E-state index in [0.29, 0.717) is 0 Å². The van der Waals surface area contributed by atoms with Crippen molar-refractivity contribution in [2.75, 3.05) is 6.61 Å². The summed E-state index contributed by atoms with van der Waals surface area (Å²) in [6.45, 7) is 1.93. The molecule has 0 aromatic heterocycles. The third-order valence-electron chi connectivity index (χ3n) is 0. The Labute approximate surface area is 58.6 Å². The Morgan fingerprint density at radius 3 is 1.62 bits per heavy atom. The van der Waals surface area contributed by atoms with Gasteiger partial charge in [0.1, 0.15) is 0 Å². The maximum atomic E-state index is 8.25. The van der Waals surface area contributed by atoms with Gasteiger partial charge >= 0.3 is 18.9 Å². The van der Waals surface area contributed by atoms with Gasteiger partial charge in [0, 0.05) is 6.61 Å². The molecular weight excluding hydrogens is 109 g/mol. The van der Waals surface area contributed by atoms with Crippen LogP contribution in [0, 0.1) is 15.3 Å². The van der Waals surface area contributed by atoms with E-state index in [1.165, 1.54) is 0 Å². The minimum absolute atomic E-state index is 0. The molecule has 0 saturated carbocycles. The zero-order valence-electron chi connectivity index (χ0n) is 4.83. The standard InChI is InChI=1S/C2H6O.Li.NO3/c1-2-3;;2-1(3)4/h3H,2H2,1H3;;/q;+1;-1. The molecule has 0 fully saturated rings. The van der Waals surface area contributed by atoms with Gasteiger partial charge in [-0.1, -0.05) is 0 Å². The van der Waals surface area contributed by atoms with Crippen LogP contribution in [0.4, 0.5) is 0 Å². The van der Waals surface area contributed by atoms with Crippen LogP contribution in [-0.4, -0.2) is 16.8 Å². The molecule has 6 heteroatoms. The summed E-state index contributed by atoms with van der Waals surface area (Å²) in [6.07, 6.45) is 0. The second-order valence-electron chi connectivity index (χ2n) is 0.540. The molecule has 0 aromatic rings. The minimum Gasteiger partial charge on any atom is -0.397 e. The van der Waals surface area contributed by atoms with Crippen LogP contribution in [0.3, 0.4) is 0 Å². The van der Waals surface area contributed by atoms with E-state index in [1.807, 2.05) is 0 Å². The molecular formula is C2H6LiNO4. The van der Waals surface area contributed by atoms with Crippen molar-refractivity contribution in [3.63, 3.8) is 0 Å². The van der Waals surface area contributed by atoms with Gasteiger partial charge in [0.2, 0.25) is 0 Å². The summed E-state index contributed by atoms with van der Waals surface area (Å²) < 4.78 is 0. The molecule has 0 radical (unpaired) electrons. The number of hydrogen-bond acceptors (Lipinski definition) is 4. The van der Waals surface area contributed by atoms with Gasteiger partial charge in [-0.05, 0) is 6.92 Å². The Kier molecular flexibility index (Phi) is 31.0. The van der Waals surface area contributed by atoms with Crippen LogP contribution in [0.25, 0.3) is 0 Å². The van der Waals surface area contributed by atoms with E-state index in [2.05, 4.69) is 0 Å². The second-order valence-corrected chi connectivity index (χ2v) is 0.540. The number of nitrogens with zero attached hydrogens (tertiary/aromatic N) is 1. The molecule has 0 amide bonds. The predicted molar refractivity (Wildman–Crippen MR) is 23.1 cm³/mol. The van der Waals surface area contributed by atoms with Crippen LogP contribution in [0.15, 0.2) is 0 Å². The second kappa shape index (κ2) is 15.9. The topological polar surface area (TPSA) is 86.4 Å². The molecule has 8 heavy (non-hydrogen) atoms. The van der Waals surface area contributed by atoms with Gasteiger partial charge in [0.15, 0.2) is 0 Å². The number of rotatable bonds is 0. The average Bonchev–Trinajstić information content (AvgIpc) is 1.33. The molecule has 0 aliphatic heterocycles. The molecule has 44 valence electrons. The SMILES string of the molecule is CCO.O=[N+]([O-])[O-].[Li+]. The van der Waals surface area contributed by atoms with E-state index in [4.69, 9.17) is 20.4 Å². The third kappa shape index (κ3) is 2210. The largest absolute Gasteiger partial charge is 1.00 e. The molecule has 1 N–H and O–H groups in total. The minimum atomic E-state index is -1.75. The Hall–Kier alpha value is -0.243. The van der Waals surface area contributed by atoms with Crippen LogP contribution >= 0.6 is 0 Å². The molecule has 0 aromatic carbocycles. The first-order valence-electron chi connectivity index (χ1n) is 1.57. The fraction of sp³-hybridized carbons (Fsp3) is 1.00. The fourth-order valence-electron chi connectivity index (χ4n) is 0. The zero-order valence-corrected chi connectivity index (χ0v) is 4.83. The summed E-state index contributed by atoms with van der Waals surface area (Å²) in [5.74, 6) is 0. The van der Waals surface area contributed by atoms with Crippen LogP contribution in [0.2, 0.25) is 0 Å². The van der Waals surface area contributed by atoms with Gasteiger partial charge in [-0.15, -0.1) is 0 Å². The van der Waals surface area contributed by atoms with Crippen molar-refractivity contribution in [2.24, 2.45) is 0 Å². The van der Waals surface area contributed by atoms with Gasteiger partial charge < -0.3 is 20.4 Å². The Balaban J connectivity index is -0.0000000575. The van der Waals surface area contributed by atoms with Gasteiger partial charge in [-0.25, -0.2) is 0 Å². The summed E-state index contributed by atoms with van der Waals surface area (Å²) in [4.78, 5) is 8.25. The van der Waals surface area contributed by atoms with E-state index in [0.717, 1.165) is 0 Å². The Morgan fingerprint density at radius 1 is 1.62 bits per heavy atom. The van der Waals surface area contributed by atoms with Crippen molar-refractivity contribution in [3.8, 4) is 0 Å². The van der Waals surface area contributed by atoms with Crippen molar-refractivity contribution < 1.29 is 29.1 Å². The first-order chi connectivity index (χ1) is 3.15. The molecule has 0 heterocycles. The summed E-state index contributed by atoms with van der Waals surface area (Å²) >= 11 is 0. The van der Waals surface area contributed by atoms with Gasteiger partial charge in [0.05, 0.1) is 5.09 Å². The summed E-state index contributed by atoms with van der Waals surface area (Å²) in [5, 5.41) is 22.3. The Morgan fingerprint density at radius 2 is 1.62 bits per heavy atom. The smallest absolute Gasteiger partial charge is 0.397 e. The fourth-order valence-corrected chi connectivity index (χ4v) is 0. The normalized spacial score (nSPS) is 5.25. The first-order valence-corrected chi connectivity index (χ1v) is 1.57. The zero-order chi connectivity index (χ0) is 6.28. The van der Waals surface area contributed by atoms with Crippen molar-refractivity contribution >= 4 is 0 Å². The summed E-state index contributed by atoms with van der Waals surface area (Å²) in [6, 6.07) is 0. The van der Waals surface area contributed by atoms with Crippen LogP contribution in [-0.2, 0) is 0 Å². The van der Waals surface area contributed by atoms with E-state index >= 15 is 0 Å². The monoisotopic (exact) mass is 115 g/mol. The number of aliphatic hydroxyl groups is 1. The molecule has 0 spiro atoms. The average molecular weight is 115 g/mol. The van der Waals surface area contributed by atoms with Gasteiger partial charge in [0.25, 0.3) is 0 Å². The van der Waals surface area contributed by atoms with Crippen molar-refractivity contribution in [1.29, 1.82) is 0 Å². The summed E-state index contributed by atoms with van der Waals surface area (Å²) in [7, 11) is 0. The molecule has 0 saturated heterocycles. The molecule has 0 rings (SSSR count). The predicted octanol–water partition coefficient (Wildman–Crippen LogP) is -3.24.